The number of rotatable bonds is 5. The SMILES string of the molecule is CN(C)c1ccc(C(=O)N[C@H](c2ccccc2)c2cccs2)cc1. The second-order valence-electron chi connectivity index (χ2n) is 5.77. The molecular formula is C20H20N2OS. The Morgan fingerprint density at radius 2 is 1.67 bits per heavy atom. The highest BCUT2D eigenvalue weighted by atomic mass is 32.1. The topological polar surface area (TPSA) is 32.3 Å². The first-order valence-corrected chi connectivity index (χ1v) is 8.70. The Morgan fingerprint density at radius 1 is 0.958 bits per heavy atom. The van der Waals surface area contributed by atoms with Crippen molar-refractivity contribution >= 4 is 22.9 Å². The highest BCUT2D eigenvalue weighted by molar-refractivity contribution is 7.10. The minimum Gasteiger partial charge on any atom is -0.378 e. The van der Waals surface area contributed by atoms with Crippen LogP contribution >= 0.6 is 11.3 Å². The van der Waals surface area contributed by atoms with Gasteiger partial charge in [-0.3, -0.25) is 4.79 Å². The smallest absolute Gasteiger partial charge is 0.252 e. The normalized spacial score (nSPS) is 11.8. The van der Waals surface area contributed by atoms with Crippen molar-refractivity contribution in [1.82, 2.24) is 5.32 Å². The highest BCUT2D eigenvalue weighted by Gasteiger charge is 2.18. The average molecular weight is 336 g/mol. The van der Waals surface area contributed by atoms with Gasteiger partial charge in [-0.05, 0) is 41.3 Å². The van der Waals surface area contributed by atoms with Crippen LogP contribution in [0.3, 0.4) is 0 Å². The average Bonchev–Trinajstić information content (AvgIpc) is 3.14. The number of hydrogen-bond acceptors (Lipinski definition) is 3. The molecule has 3 rings (SSSR count). The van der Waals surface area contributed by atoms with E-state index < -0.39 is 0 Å². The number of thiophene rings is 1. The monoisotopic (exact) mass is 336 g/mol. The van der Waals surface area contributed by atoms with Crippen molar-refractivity contribution in [2.75, 3.05) is 19.0 Å². The summed E-state index contributed by atoms with van der Waals surface area (Å²) in [5.74, 6) is -0.0671. The number of hydrogen-bond donors (Lipinski definition) is 1. The molecule has 122 valence electrons. The standard InChI is InChI=1S/C20H20N2OS/c1-22(2)17-12-10-16(11-13-17)20(23)21-19(18-9-6-14-24-18)15-7-4-3-5-8-15/h3-14,19H,1-2H3,(H,21,23)/t19-/m1/s1. The summed E-state index contributed by atoms with van der Waals surface area (Å²) in [5.41, 5.74) is 2.82. The second kappa shape index (κ2) is 7.32. The molecule has 1 amide bonds. The van der Waals surface area contributed by atoms with Gasteiger partial charge in [0.1, 0.15) is 0 Å². The molecule has 1 aromatic heterocycles. The maximum Gasteiger partial charge on any atom is 0.252 e. The van der Waals surface area contributed by atoms with Crippen LogP contribution in [0.2, 0.25) is 0 Å². The van der Waals surface area contributed by atoms with Gasteiger partial charge in [-0.25, -0.2) is 0 Å². The van der Waals surface area contributed by atoms with Crippen LogP contribution in [0.5, 0.6) is 0 Å². The number of anilines is 1. The van der Waals surface area contributed by atoms with E-state index in [1.807, 2.05) is 85.0 Å². The molecule has 2 aromatic carbocycles. The Hall–Kier alpha value is -2.59. The van der Waals surface area contributed by atoms with E-state index in [4.69, 9.17) is 0 Å². The van der Waals surface area contributed by atoms with E-state index >= 15 is 0 Å². The van der Waals surface area contributed by atoms with Gasteiger partial charge in [-0.15, -0.1) is 11.3 Å². The molecule has 0 unspecified atom stereocenters. The van der Waals surface area contributed by atoms with Crippen molar-refractivity contribution in [3.05, 3.63) is 88.1 Å². The van der Waals surface area contributed by atoms with Gasteiger partial charge in [0.25, 0.3) is 5.91 Å². The van der Waals surface area contributed by atoms with Gasteiger partial charge in [0.15, 0.2) is 0 Å². The van der Waals surface area contributed by atoms with Crippen LogP contribution in [0.1, 0.15) is 26.8 Å². The van der Waals surface area contributed by atoms with Crippen molar-refractivity contribution in [3.63, 3.8) is 0 Å². The van der Waals surface area contributed by atoms with Crippen LogP contribution in [0.25, 0.3) is 0 Å². The molecule has 24 heavy (non-hydrogen) atoms. The molecule has 0 aliphatic heterocycles. The number of benzene rings is 2. The first-order valence-electron chi connectivity index (χ1n) is 7.82. The van der Waals surface area contributed by atoms with Gasteiger partial charge in [0, 0.05) is 30.2 Å². The summed E-state index contributed by atoms with van der Waals surface area (Å²) in [6.07, 6.45) is 0. The fourth-order valence-corrected chi connectivity index (χ4v) is 3.35. The Labute approximate surface area is 146 Å². The predicted molar refractivity (Wildman–Crippen MR) is 101 cm³/mol. The number of carbonyl (C=O) groups is 1. The molecular weight excluding hydrogens is 316 g/mol. The van der Waals surface area contributed by atoms with Crippen LogP contribution < -0.4 is 10.2 Å². The third-order valence-corrected chi connectivity index (χ3v) is 4.82. The minimum atomic E-state index is -0.132. The van der Waals surface area contributed by atoms with E-state index in [1.165, 1.54) is 0 Å². The lowest BCUT2D eigenvalue weighted by molar-refractivity contribution is 0.0943. The van der Waals surface area contributed by atoms with E-state index in [-0.39, 0.29) is 11.9 Å². The quantitative estimate of drug-likeness (QED) is 0.752. The minimum absolute atomic E-state index is 0.0671. The fourth-order valence-electron chi connectivity index (χ4n) is 2.55. The Bertz CT molecular complexity index is 780. The van der Waals surface area contributed by atoms with Gasteiger partial charge < -0.3 is 10.2 Å². The zero-order chi connectivity index (χ0) is 16.9. The first-order chi connectivity index (χ1) is 11.6. The Kier molecular flexibility index (Phi) is 4.96. The van der Waals surface area contributed by atoms with Crippen molar-refractivity contribution in [1.29, 1.82) is 0 Å². The zero-order valence-corrected chi connectivity index (χ0v) is 14.6. The zero-order valence-electron chi connectivity index (χ0n) is 13.8. The molecule has 0 fully saturated rings. The molecule has 0 aliphatic rings. The number of nitrogens with one attached hydrogen (secondary N) is 1. The van der Waals surface area contributed by atoms with Crippen LogP contribution in [-0.2, 0) is 0 Å². The molecule has 4 heteroatoms. The summed E-state index contributed by atoms with van der Waals surface area (Å²) in [7, 11) is 3.97. The number of amides is 1. The Morgan fingerprint density at radius 3 is 2.25 bits per heavy atom. The van der Waals surface area contributed by atoms with Gasteiger partial charge in [0.05, 0.1) is 6.04 Å². The molecule has 1 atom stereocenters. The molecule has 3 nitrogen and oxygen atoms in total. The molecule has 0 bridgehead atoms. The van der Waals surface area contributed by atoms with E-state index in [9.17, 15) is 4.79 Å². The molecule has 3 aromatic rings. The van der Waals surface area contributed by atoms with Crippen molar-refractivity contribution in [2.24, 2.45) is 0 Å². The van der Waals surface area contributed by atoms with Gasteiger partial charge in [-0.1, -0.05) is 36.4 Å². The summed E-state index contributed by atoms with van der Waals surface area (Å²) in [4.78, 5) is 15.8. The van der Waals surface area contributed by atoms with Gasteiger partial charge >= 0.3 is 0 Å². The summed E-state index contributed by atoms with van der Waals surface area (Å²) >= 11 is 1.65. The lowest BCUT2D eigenvalue weighted by Crippen LogP contribution is -2.28. The van der Waals surface area contributed by atoms with Crippen LogP contribution in [0.4, 0.5) is 5.69 Å². The van der Waals surface area contributed by atoms with E-state index in [0.29, 0.717) is 5.56 Å². The van der Waals surface area contributed by atoms with Crippen molar-refractivity contribution in [3.8, 4) is 0 Å². The van der Waals surface area contributed by atoms with Crippen molar-refractivity contribution < 1.29 is 4.79 Å². The lowest BCUT2D eigenvalue weighted by atomic mass is 10.0. The third-order valence-electron chi connectivity index (χ3n) is 3.88. The molecule has 1 heterocycles. The molecule has 0 aliphatic carbocycles. The molecule has 0 saturated carbocycles. The van der Waals surface area contributed by atoms with E-state index in [0.717, 1.165) is 16.1 Å². The Balaban J connectivity index is 1.83. The third kappa shape index (κ3) is 3.66. The number of carbonyl (C=O) groups excluding carboxylic acids is 1. The van der Waals surface area contributed by atoms with Crippen LogP contribution in [-0.4, -0.2) is 20.0 Å². The fraction of sp³-hybridized carbons (Fsp3) is 0.150. The van der Waals surface area contributed by atoms with Crippen LogP contribution in [0, 0.1) is 0 Å². The summed E-state index contributed by atoms with van der Waals surface area (Å²) in [5, 5.41) is 5.19. The first kappa shape index (κ1) is 16.3. The van der Waals surface area contributed by atoms with Crippen molar-refractivity contribution in [2.45, 2.75) is 6.04 Å². The predicted octanol–water partition coefficient (Wildman–Crippen LogP) is 4.33. The molecule has 1 N–H and O–H groups in total. The molecule has 0 saturated heterocycles. The van der Waals surface area contributed by atoms with Gasteiger partial charge in [-0.2, -0.15) is 0 Å². The second-order valence-corrected chi connectivity index (χ2v) is 6.75. The summed E-state index contributed by atoms with van der Waals surface area (Å²) in [6, 6.07) is 21.6. The maximum absolute atomic E-state index is 12.7. The highest BCUT2D eigenvalue weighted by Crippen LogP contribution is 2.26. The summed E-state index contributed by atoms with van der Waals surface area (Å²) in [6.45, 7) is 0. The van der Waals surface area contributed by atoms with Crippen LogP contribution in [0.15, 0.2) is 72.1 Å². The van der Waals surface area contributed by atoms with Gasteiger partial charge in [0.2, 0.25) is 0 Å². The lowest BCUT2D eigenvalue weighted by Gasteiger charge is -2.18. The largest absolute Gasteiger partial charge is 0.378 e. The van der Waals surface area contributed by atoms with E-state index in [2.05, 4.69) is 11.4 Å². The summed E-state index contributed by atoms with van der Waals surface area (Å²) < 4.78 is 0. The van der Waals surface area contributed by atoms with E-state index in [1.54, 1.807) is 11.3 Å². The molecule has 0 radical (unpaired) electrons. The molecule has 0 spiro atoms. The maximum atomic E-state index is 12.7. The number of nitrogens with zero attached hydrogens (tertiary/aromatic N) is 1.